The van der Waals surface area contributed by atoms with Crippen LogP contribution in [0.3, 0.4) is 0 Å². The maximum Gasteiger partial charge on any atom is 0.276 e. The first-order valence-corrected chi connectivity index (χ1v) is 11.4. The van der Waals surface area contributed by atoms with Crippen LogP contribution in [0.2, 0.25) is 5.02 Å². The van der Waals surface area contributed by atoms with Crippen molar-refractivity contribution in [1.82, 2.24) is 4.83 Å². The van der Waals surface area contributed by atoms with Crippen molar-refractivity contribution in [2.45, 2.75) is 11.8 Å². The zero-order chi connectivity index (χ0) is 22.7. The summed E-state index contributed by atoms with van der Waals surface area (Å²) >= 11 is 5.83. The van der Waals surface area contributed by atoms with E-state index >= 15 is 0 Å². The highest BCUT2D eigenvalue weighted by Gasteiger charge is 2.16. The van der Waals surface area contributed by atoms with Gasteiger partial charge in [0.1, 0.15) is 11.1 Å². The number of para-hydroxylation sites is 2. The van der Waals surface area contributed by atoms with Crippen LogP contribution < -0.4 is 15.7 Å². The van der Waals surface area contributed by atoms with Crippen molar-refractivity contribution in [3.8, 4) is 0 Å². The summed E-state index contributed by atoms with van der Waals surface area (Å²) in [5.74, 6) is -0.488. The van der Waals surface area contributed by atoms with Gasteiger partial charge < -0.3 is 9.73 Å². The number of fused-ring (bicyclic) bond motifs is 1. The van der Waals surface area contributed by atoms with Crippen LogP contribution in [-0.4, -0.2) is 14.3 Å². The number of halogens is 1. The summed E-state index contributed by atoms with van der Waals surface area (Å²) in [6.45, 7) is 1.87. The van der Waals surface area contributed by atoms with Crippen LogP contribution in [0, 0.1) is 6.92 Å². The first-order valence-electron chi connectivity index (χ1n) is 9.54. The van der Waals surface area contributed by atoms with Gasteiger partial charge in [-0.1, -0.05) is 48.0 Å². The molecule has 0 aliphatic carbocycles. The number of rotatable bonds is 5. The van der Waals surface area contributed by atoms with Gasteiger partial charge >= 0.3 is 0 Å². The SMILES string of the molecule is Cc1ccccc1NC(=O)c1cc2ccccc2oc1=NNS(=O)(=O)c1ccc(Cl)cc1. The lowest BCUT2D eigenvalue weighted by atomic mass is 10.1. The van der Waals surface area contributed by atoms with E-state index in [1.807, 2.05) is 19.1 Å². The summed E-state index contributed by atoms with van der Waals surface area (Å²) in [6, 6.07) is 21.6. The molecule has 0 spiro atoms. The Bertz CT molecular complexity index is 1480. The predicted octanol–water partition coefficient (Wildman–Crippen LogP) is 4.44. The smallest absolute Gasteiger partial charge is 0.276 e. The first kappa shape index (κ1) is 21.6. The summed E-state index contributed by atoms with van der Waals surface area (Å²) < 4.78 is 31.0. The van der Waals surface area contributed by atoms with Crippen molar-refractivity contribution in [2.75, 3.05) is 5.32 Å². The molecule has 162 valence electrons. The molecule has 1 aromatic heterocycles. The normalized spacial score (nSPS) is 12.0. The molecule has 7 nitrogen and oxygen atoms in total. The molecule has 2 N–H and O–H groups in total. The predicted molar refractivity (Wildman–Crippen MR) is 123 cm³/mol. The number of benzene rings is 3. The highest BCUT2D eigenvalue weighted by atomic mass is 35.5. The quantitative estimate of drug-likeness (QED) is 0.423. The fraction of sp³-hybridized carbons (Fsp3) is 0.0435. The standard InChI is InChI=1S/C23H18ClN3O4S/c1-15-6-2-4-8-20(15)25-22(28)19-14-16-7-3-5-9-21(16)31-23(19)26-27-32(29,30)18-12-10-17(24)11-13-18/h2-14,27H,1H3,(H,25,28). The average Bonchev–Trinajstić information content (AvgIpc) is 2.79. The molecule has 4 aromatic rings. The maximum absolute atomic E-state index is 13.0. The zero-order valence-electron chi connectivity index (χ0n) is 16.9. The molecule has 0 bridgehead atoms. The molecule has 3 aromatic carbocycles. The van der Waals surface area contributed by atoms with E-state index in [0.29, 0.717) is 21.7 Å². The number of anilines is 1. The number of amides is 1. The molecule has 0 aliphatic heterocycles. The molecule has 4 rings (SSSR count). The highest BCUT2D eigenvalue weighted by Crippen LogP contribution is 2.17. The summed E-state index contributed by atoms with van der Waals surface area (Å²) in [4.78, 5) is 15.1. The van der Waals surface area contributed by atoms with E-state index in [1.54, 1.807) is 42.5 Å². The summed E-state index contributed by atoms with van der Waals surface area (Å²) in [5.41, 5.74) is 1.85. The Morgan fingerprint density at radius 2 is 1.66 bits per heavy atom. The molecule has 0 saturated heterocycles. The van der Waals surface area contributed by atoms with E-state index in [4.69, 9.17) is 16.0 Å². The minimum Gasteiger partial charge on any atom is -0.436 e. The highest BCUT2D eigenvalue weighted by molar-refractivity contribution is 7.89. The Kier molecular flexibility index (Phi) is 5.98. The summed E-state index contributed by atoms with van der Waals surface area (Å²) in [7, 11) is -4.00. The van der Waals surface area contributed by atoms with Gasteiger partial charge in [0.25, 0.3) is 15.9 Å². The maximum atomic E-state index is 13.0. The van der Waals surface area contributed by atoms with E-state index in [1.165, 1.54) is 24.3 Å². The molecule has 0 unspecified atom stereocenters. The summed E-state index contributed by atoms with van der Waals surface area (Å²) in [5, 5.41) is 7.80. The Balaban J connectivity index is 1.76. The second-order valence-electron chi connectivity index (χ2n) is 6.93. The molecule has 0 saturated carbocycles. The Hall–Kier alpha value is -3.62. The van der Waals surface area contributed by atoms with Crippen molar-refractivity contribution in [3.05, 3.63) is 101 Å². The zero-order valence-corrected chi connectivity index (χ0v) is 18.4. The number of carbonyl (C=O) groups excluding carboxylic acids is 1. The van der Waals surface area contributed by atoms with Crippen molar-refractivity contribution < 1.29 is 17.6 Å². The van der Waals surface area contributed by atoms with Gasteiger partial charge in [-0.05, 0) is 55.0 Å². The lowest BCUT2D eigenvalue weighted by Crippen LogP contribution is -2.27. The van der Waals surface area contributed by atoms with Gasteiger partial charge in [0.05, 0.1) is 4.90 Å². The Morgan fingerprint density at radius 1 is 0.969 bits per heavy atom. The number of nitrogens with one attached hydrogen (secondary N) is 2. The van der Waals surface area contributed by atoms with Crippen LogP contribution in [0.5, 0.6) is 0 Å². The average molecular weight is 468 g/mol. The second-order valence-corrected chi connectivity index (χ2v) is 9.03. The van der Waals surface area contributed by atoms with Gasteiger partial charge in [-0.15, -0.1) is 5.10 Å². The Morgan fingerprint density at radius 3 is 2.41 bits per heavy atom. The van der Waals surface area contributed by atoms with E-state index < -0.39 is 15.9 Å². The van der Waals surface area contributed by atoms with Crippen LogP contribution in [0.25, 0.3) is 11.0 Å². The molecule has 0 radical (unpaired) electrons. The van der Waals surface area contributed by atoms with Gasteiger partial charge in [-0.25, -0.2) is 0 Å². The van der Waals surface area contributed by atoms with Crippen LogP contribution in [0.4, 0.5) is 5.69 Å². The van der Waals surface area contributed by atoms with Gasteiger partial charge in [0, 0.05) is 16.1 Å². The summed E-state index contributed by atoms with van der Waals surface area (Å²) in [6.07, 6.45) is 0. The van der Waals surface area contributed by atoms with Crippen molar-refractivity contribution in [2.24, 2.45) is 5.10 Å². The largest absolute Gasteiger partial charge is 0.436 e. The van der Waals surface area contributed by atoms with Crippen LogP contribution in [0.15, 0.2) is 93.3 Å². The first-order chi connectivity index (χ1) is 15.3. The number of hydrogen-bond acceptors (Lipinski definition) is 5. The van der Waals surface area contributed by atoms with Gasteiger partial charge in [0.15, 0.2) is 0 Å². The van der Waals surface area contributed by atoms with Crippen LogP contribution in [0.1, 0.15) is 15.9 Å². The van der Waals surface area contributed by atoms with Gasteiger partial charge in [0.2, 0.25) is 5.55 Å². The minimum atomic E-state index is -4.00. The van der Waals surface area contributed by atoms with E-state index in [2.05, 4.69) is 15.2 Å². The van der Waals surface area contributed by atoms with E-state index in [0.717, 1.165) is 5.56 Å². The third-order valence-corrected chi connectivity index (χ3v) is 6.16. The molecule has 1 heterocycles. The fourth-order valence-corrected chi connectivity index (χ4v) is 3.91. The van der Waals surface area contributed by atoms with Crippen molar-refractivity contribution in [1.29, 1.82) is 0 Å². The number of hydrogen-bond donors (Lipinski definition) is 2. The third-order valence-electron chi connectivity index (χ3n) is 4.69. The minimum absolute atomic E-state index is 0.0302. The lowest BCUT2D eigenvalue weighted by Gasteiger charge is -2.09. The second kappa shape index (κ2) is 8.86. The fourth-order valence-electron chi connectivity index (χ4n) is 2.99. The topological polar surface area (TPSA) is 101 Å². The molecule has 9 heteroatoms. The van der Waals surface area contributed by atoms with Crippen LogP contribution >= 0.6 is 11.6 Å². The molecular formula is C23H18ClN3O4S. The molecule has 32 heavy (non-hydrogen) atoms. The van der Waals surface area contributed by atoms with Crippen molar-refractivity contribution >= 4 is 44.2 Å². The van der Waals surface area contributed by atoms with Crippen LogP contribution in [-0.2, 0) is 10.0 Å². The number of sulfonamides is 1. The molecule has 0 atom stereocenters. The lowest BCUT2D eigenvalue weighted by molar-refractivity contribution is 0.102. The van der Waals surface area contributed by atoms with E-state index in [9.17, 15) is 13.2 Å². The molecule has 0 aliphatic rings. The molecule has 0 fully saturated rings. The van der Waals surface area contributed by atoms with Crippen molar-refractivity contribution in [3.63, 3.8) is 0 Å². The number of carbonyl (C=O) groups is 1. The van der Waals surface area contributed by atoms with Gasteiger partial charge in [-0.2, -0.15) is 13.2 Å². The monoisotopic (exact) mass is 467 g/mol. The third kappa shape index (κ3) is 4.66. The van der Waals surface area contributed by atoms with Gasteiger partial charge in [-0.3, -0.25) is 4.79 Å². The Labute approximate surface area is 189 Å². The number of nitrogens with zero attached hydrogens (tertiary/aromatic N) is 1. The number of aryl methyl sites for hydroxylation is 1. The van der Waals surface area contributed by atoms with E-state index in [-0.39, 0.29) is 16.0 Å². The molecule has 1 amide bonds. The molecular weight excluding hydrogens is 450 g/mol.